The number of aromatic nitrogens is 2. The smallest absolute Gasteiger partial charge is 0.229 e. The van der Waals surface area contributed by atoms with Gasteiger partial charge in [0, 0.05) is 23.3 Å². The van der Waals surface area contributed by atoms with Crippen molar-refractivity contribution in [1.82, 2.24) is 9.97 Å². The third-order valence-corrected chi connectivity index (χ3v) is 3.29. The summed E-state index contributed by atoms with van der Waals surface area (Å²) in [5.41, 5.74) is 1.56. The van der Waals surface area contributed by atoms with Gasteiger partial charge in [0.1, 0.15) is 5.82 Å². The Morgan fingerprint density at radius 2 is 1.90 bits per heavy atom. The molecule has 1 aromatic heterocycles. The second-order valence-electron chi connectivity index (χ2n) is 5.24. The van der Waals surface area contributed by atoms with Crippen LogP contribution in [-0.4, -0.2) is 16.5 Å². The molecule has 0 bridgehead atoms. The summed E-state index contributed by atoms with van der Waals surface area (Å²) in [6.07, 6.45) is 0. The van der Waals surface area contributed by atoms with E-state index in [4.69, 9.17) is 23.2 Å². The van der Waals surface area contributed by atoms with Gasteiger partial charge < -0.3 is 10.6 Å². The van der Waals surface area contributed by atoms with Crippen molar-refractivity contribution in [2.24, 2.45) is 5.92 Å². The van der Waals surface area contributed by atoms with Crippen LogP contribution in [0.4, 0.5) is 17.5 Å². The number of benzene rings is 1. The first-order valence-electron chi connectivity index (χ1n) is 6.75. The molecule has 2 rings (SSSR count). The van der Waals surface area contributed by atoms with Crippen LogP contribution >= 0.6 is 23.2 Å². The highest BCUT2D eigenvalue weighted by molar-refractivity contribution is 6.35. The number of hydrogen-bond donors (Lipinski definition) is 2. The molecule has 0 spiro atoms. The molecule has 112 valence electrons. The lowest BCUT2D eigenvalue weighted by Gasteiger charge is -2.12. The van der Waals surface area contributed by atoms with E-state index in [0.717, 1.165) is 18.1 Å². The summed E-state index contributed by atoms with van der Waals surface area (Å²) in [6.45, 7) is 7.07. The zero-order valence-electron chi connectivity index (χ0n) is 12.2. The molecule has 0 aliphatic carbocycles. The Bertz CT molecular complexity index is 629. The van der Waals surface area contributed by atoms with Crippen LogP contribution in [-0.2, 0) is 0 Å². The van der Waals surface area contributed by atoms with Crippen LogP contribution in [0.2, 0.25) is 10.0 Å². The first-order chi connectivity index (χ1) is 9.94. The Balaban J connectivity index is 2.21. The van der Waals surface area contributed by atoms with Gasteiger partial charge in [0.2, 0.25) is 5.95 Å². The Kier molecular flexibility index (Phi) is 5.26. The van der Waals surface area contributed by atoms with Gasteiger partial charge in [0.15, 0.2) is 0 Å². The Morgan fingerprint density at radius 1 is 1.14 bits per heavy atom. The summed E-state index contributed by atoms with van der Waals surface area (Å²) in [5.74, 6) is 1.82. The summed E-state index contributed by atoms with van der Waals surface area (Å²) >= 11 is 12.1. The summed E-state index contributed by atoms with van der Waals surface area (Å²) < 4.78 is 0. The molecule has 0 amide bonds. The minimum absolute atomic E-state index is 0.491. The predicted molar refractivity (Wildman–Crippen MR) is 89.8 cm³/mol. The molecule has 0 saturated carbocycles. The third-order valence-electron chi connectivity index (χ3n) is 2.72. The molecule has 1 aromatic carbocycles. The second-order valence-corrected chi connectivity index (χ2v) is 6.09. The molecule has 6 heteroatoms. The number of anilines is 3. The largest absolute Gasteiger partial charge is 0.370 e. The van der Waals surface area contributed by atoms with E-state index in [1.54, 1.807) is 18.2 Å². The molecule has 2 N–H and O–H groups in total. The number of hydrogen-bond acceptors (Lipinski definition) is 4. The first kappa shape index (κ1) is 15.9. The molecule has 0 aliphatic heterocycles. The Morgan fingerprint density at radius 3 is 2.62 bits per heavy atom. The molecule has 0 radical (unpaired) electrons. The van der Waals surface area contributed by atoms with Gasteiger partial charge in [-0.05, 0) is 31.0 Å². The summed E-state index contributed by atoms with van der Waals surface area (Å²) in [7, 11) is 0. The summed E-state index contributed by atoms with van der Waals surface area (Å²) in [4.78, 5) is 8.80. The van der Waals surface area contributed by atoms with Gasteiger partial charge in [-0.15, -0.1) is 0 Å². The van der Waals surface area contributed by atoms with E-state index in [2.05, 4.69) is 34.4 Å². The molecule has 0 unspecified atom stereocenters. The van der Waals surface area contributed by atoms with Crippen LogP contribution < -0.4 is 10.6 Å². The van der Waals surface area contributed by atoms with Crippen molar-refractivity contribution in [3.63, 3.8) is 0 Å². The maximum atomic E-state index is 6.14. The van der Waals surface area contributed by atoms with E-state index in [1.165, 1.54) is 0 Å². The fourth-order valence-electron chi connectivity index (χ4n) is 1.74. The maximum Gasteiger partial charge on any atom is 0.229 e. The van der Waals surface area contributed by atoms with E-state index in [9.17, 15) is 0 Å². The highest BCUT2D eigenvalue weighted by Crippen LogP contribution is 2.27. The van der Waals surface area contributed by atoms with Gasteiger partial charge >= 0.3 is 0 Å². The Labute approximate surface area is 134 Å². The van der Waals surface area contributed by atoms with Crippen molar-refractivity contribution in [2.45, 2.75) is 20.8 Å². The van der Waals surface area contributed by atoms with Gasteiger partial charge in [0.05, 0.1) is 10.7 Å². The number of rotatable bonds is 5. The van der Waals surface area contributed by atoms with Crippen molar-refractivity contribution in [2.75, 3.05) is 17.2 Å². The quantitative estimate of drug-likeness (QED) is 0.820. The summed E-state index contributed by atoms with van der Waals surface area (Å²) in [6, 6.07) is 7.13. The minimum Gasteiger partial charge on any atom is -0.370 e. The van der Waals surface area contributed by atoms with Crippen molar-refractivity contribution in [3.05, 3.63) is 40.0 Å². The highest BCUT2D eigenvalue weighted by Gasteiger charge is 2.06. The standard InChI is InChI=1S/C15H18Cl2N4/c1-9(2)8-18-14-6-10(3)19-15(21-14)20-13-7-11(16)4-5-12(13)17/h4-7,9H,8H2,1-3H3,(H2,18,19,20,21). The van der Waals surface area contributed by atoms with Crippen molar-refractivity contribution < 1.29 is 0 Å². The van der Waals surface area contributed by atoms with Crippen LogP contribution in [0.1, 0.15) is 19.5 Å². The zero-order chi connectivity index (χ0) is 15.4. The van der Waals surface area contributed by atoms with Crippen LogP contribution in [0.5, 0.6) is 0 Å². The maximum absolute atomic E-state index is 6.14. The predicted octanol–water partition coefficient (Wildman–Crippen LogP) is 4.90. The third kappa shape index (κ3) is 4.76. The topological polar surface area (TPSA) is 49.8 Å². The second kappa shape index (κ2) is 6.96. The molecule has 0 aliphatic rings. The molecule has 0 fully saturated rings. The van der Waals surface area contributed by atoms with Crippen molar-refractivity contribution >= 4 is 40.7 Å². The van der Waals surface area contributed by atoms with Crippen molar-refractivity contribution in [1.29, 1.82) is 0 Å². The van der Waals surface area contributed by atoms with Crippen LogP contribution in [0.25, 0.3) is 0 Å². The average molecular weight is 325 g/mol. The highest BCUT2D eigenvalue weighted by atomic mass is 35.5. The van der Waals surface area contributed by atoms with E-state index in [1.807, 2.05) is 13.0 Å². The van der Waals surface area contributed by atoms with E-state index < -0.39 is 0 Å². The number of aryl methyl sites for hydroxylation is 1. The summed E-state index contributed by atoms with van der Waals surface area (Å²) in [5, 5.41) is 7.57. The zero-order valence-corrected chi connectivity index (χ0v) is 13.8. The normalized spacial score (nSPS) is 10.8. The van der Waals surface area contributed by atoms with Gasteiger partial charge in [0.25, 0.3) is 0 Å². The fourth-order valence-corrected chi connectivity index (χ4v) is 2.07. The van der Waals surface area contributed by atoms with Crippen LogP contribution in [0.15, 0.2) is 24.3 Å². The average Bonchev–Trinajstić information content (AvgIpc) is 2.40. The Hall–Kier alpha value is -1.52. The minimum atomic E-state index is 0.491. The van der Waals surface area contributed by atoms with Crippen LogP contribution in [0, 0.1) is 12.8 Å². The molecule has 4 nitrogen and oxygen atoms in total. The van der Waals surface area contributed by atoms with E-state index in [-0.39, 0.29) is 0 Å². The monoisotopic (exact) mass is 324 g/mol. The first-order valence-corrected chi connectivity index (χ1v) is 7.51. The van der Waals surface area contributed by atoms with Gasteiger partial charge in [-0.3, -0.25) is 0 Å². The molecule has 0 saturated heterocycles. The lowest BCUT2D eigenvalue weighted by atomic mass is 10.2. The lowest BCUT2D eigenvalue weighted by Crippen LogP contribution is -2.10. The molecule has 2 aromatic rings. The SMILES string of the molecule is Cc1cc(NCC(C)C)nc(Nc2cc(Cl)ccc2Cl)n1. The van der Waals surface area contributed by atoms with Gasteiger partial charge in [-0.25, -0.2) is 4.98 Å². The molecule has 1 heterocycles. The van der Waals surface area contributed by atoms with E-state index in [0.29, 0.717) is 27.6 Å². The van der Waals surface area contributed by atoms with Gasteiger partial charge in [-0.1, -0.05) is 37.0 Å². The number of nitrogens with one attached hydrogen (secondary N) is 2. The molecular formula is C15H18Cl2N4. The molecular weight excluding hydrogens is 307 g/mol. The van der Waals surface area contributed by atoms with Crippen LogP contribution in [0.3, 0.4) is 0 Å². The molecule has 0 atom stereocenters. The number of nitrogens with zero attached hydrogens (tertiary/aromatic N) is 2. The van der Waals surface area contributed by atoms with Gasteiger partial charge in [-0.2, -0.15) is 4.98 Å². The molecule has 21 heavy (non-hydrogen) atoms. The van der Waals surface area contributed by atoms with Crippen molar-refractivity contribution in [3.8, 4) is 0 Å². The fraction of sp³-hybridized carbons (Fsp3) is 0.333. The van der Waals surface area contributed by atoms with E-state index >= 15 is 0 Å². The lowest BCUT2D eigenvalue weighted by molar-refractivity contribution is 0.687. The number of halogens is 2.